The minimum absolute atomic E-state index is 0.00347. The van der Waals surface area contributed by atoms with Crippen molar-refractivity contribution in [3.8, 4) is 0 Å². The van der Waals surface area contributed by atoms with Crippen LogP contribution < -0.4 is 0 Å². The molecule has 2 heteroatoms. The number of rotatable bonds is 0. The van der Waals surface area contributed by atoms with Gasteiger partial charge in [-0.25, -0.2) is 0 Å². The lowest BCUT2D eigenvalue weighted by molar-refractivity contribution is 0.0793. The Labute approximate surface area is 93.7 Å². The monoisotopic (exact) mass is 214 g/mol. The second-order valence-corrected chi connectivity index (χ2v) is 5.12. The molecule has 90 valence electrons. The van der Waals surface area contributed by atoms with Crippen LogP contribution in [0.5, 0.6) is 0 Å². The van der Waals surface area contributed by atoms with E-state index in [1.54, 1.807) is 0 Å². The van der Waals surface area contributed by atoms with Crippen molar-refractivity contribution in [2.45, 2.75) is 76.9 Å². The highest BCUT2D eigenvalue weighted by molar-refractivity contribution is 4.69. The molecule has 2 rings (SSSR count). The Kier molecular flexibility index (Phi) is 6.26. The van der Waals surface area contributed by atoms with Gasteiger partial charge >= 0.3 is 0 Å². The predicted molar refractivity (Wildman–Crippen MR) is 62.7 cm³/mol. The molecule has 2 fully saturated rings. The van der Waals surface area contributed by atoms with Crippen molar-refractivity contribution in [1.29, 1.82) is 0 Å². The molecule has 2 aliphatic rings. The lowest BCUT2D eigenvalue weighted by Crippen LogP contribution is -2.21. The van der Waals surface area contributed by atoms with Crippen molar-refractivity contribution >= 4 is 0 Å². The van der Waals surface area contributed by atoms with Crippen molar-refractivity contribution in [2.24, 2.45) is 5.92 Å². The molecule has 0 spiro atoms. The van der Waals surface area contributed by atoms with Crippen molar-refractivity contribution in [3.05, 3.63) is 0 Å². The summed E-state index contributed by atoms with van der Waals surface area (Å²) in [5.41, 5.74) is 0. The van der Waals surface area contributed by atoms with Crippen molar-refractivity contribution in [3.63, 3.8) is 0 Å². The predicted octanol–water partition coefficient (Wildman–Crippen LogP) is 2.87. The summed E-state index contributed by atoms with van der Waals surface area (Å²) in [7, 11) is 0. The quantitative estimate of drug-likeness (QED) is 0.651. The van der Waals surface area contributed by atoms with Gasteiger partial charge in [0.05, 0.1) is 12.2 Å². The third kappa shape index (κ3) is 5.53. The molecule has 0 aromatic rings. The zero-order valence-corrected chi connectivity index (χ0v) is 9.99. The number of aliphatic hydroxyl groups excluding tert-OH is 2. The second kappa shape index (κ2) is 7.24. The largest absolute Gasteiger partial charge is 0.393 e. The molecule has 0 bridgehead atoms. The Balaban J connectivity index is 0.000000151. The van der Waals surface area contributed by atoms with E-state index in [0.717, 1.165) is 19.3 Å². The maximum Gasteiger partial charge on any atom is 0.0565 e. The molecule has 15 heavy (non-hydrogen) atoms. The first-order valence-electron chi connectivity index (χ1n) is 6.56. The van der Waals surface area contributed by atoms with Gasteiger partial charge in [-0.3, -0.25) is 0 Å². The standard InChI is InChI=1S/C7H14O.C6H12O/c1-6-4-2-3-5-7(6)8;7-6-4-2-1-3-5-6/h6-8H,2-5H2,1H3;6-7H,1-5H2. The van der Waals surface area contributed by atoms with Crippen LogP contribution in [0.1, 0.15) is 64.7 Å². The molecular weight excluding hydrogens is 188 g/mol. The first-order valence-corrected chi connectivity index (χ1v) is 6.56. The molecule has 2 atom stereocenters. The van der Waals surface area contributed by atoms with E-state index in [1.165, 1.54) is 38.5 Å². The van der Waals surface area contributed by atoms with E-state index in [0.29, 0.717) is 5.92 Å². The van der Waals surface area contributed by atoms with Crippen molar-refractivity contribution in [1.82, 2.24) is 0 Å². The highest BCUT2D eigenvalue weighted by Gasteiger charge is 2.17. The molecule has 2 saturated carbocycles. The maximum absolute atomic E-state index is 9.18. The SMILES string of the molecule is CC1CCCCC1O.OC1CCCCC1. The fourth-order valence-electron chi connectivity index (χ4n) is 2.38. The van der Waals surface area contributed by atoms with Gasteiger partial charge in [0.15, 0.2) is 0 Å². The molecule has 0 heterocycles. The van der Waals surface area contributed by atoms with Gasteiger partial charge in [0, 0.05) is 0 Å². The summed E-state index contributed by atoms with van der Waals surface area (Å²) in [6, 6.07) is 0. The van der Waals surface area contributed by atoms with Gasteiger partial charge in [-0.2, -0.15) is 0 Å². The van der Waals surface area contributed by atoms with E-state index >= 15 is 0 Å². The smallest absolute Gasteiger partial charge is 0.0565 e. The molecule has 0 amide bonds. The summed E-state index contributed by atoms with van der Waals surface area (Å²) in [6.45, 7) is 2.13. The summed E-state index contributed by atoms with van der Waals surface area (Å²) < 4.78 is 0. The summed E-state index contributed by atoms with van der Waals surface area (Å²) >= 11 is 0. The fraction of sp³-hybridized carbons (Fsp3) is 1.00. The third-order valence-corrected chi connectivity index (χ3v) is 3.64. The van der Waals surface area contributed by atoms with Crippen LogP contribution >= 0.6 is 0 Å². The average molecular weight is 214 g/mol. The minimum atomic E-state index is 0.00347. The molecule has 2 N–H and O–H groups in total. The van der Waals surface area contributed by atoms with Crippen molar-refractivity contribution in [2.75, 3.05) is 0 Å². The highest BCUT2D eigenvalue weighted by Crippen LogP contribution is 2.22. The fourth-order valence-corrected chi connectivity index (χ4v) is 2.38. The van der Waals surface area contributed by atoms with Gasteiger partial charge in [-0.1, -0.05) is 39.0 Å². The van der Waals surface area contributed by atoms with Gasteiger partial charge in [-0.05, 0) is 31.6 Å². The van der Waals surface area contributed by atoms with Gasteiger partial charge < -0.3 is 10.2 Å². The molecule has 0 aliphatic heterocycles. The van der Waals surface area contributed by atoms with Crippen LogP contribution in [0.15, 0.2) is 0 Å². The van der Waals surface area contributed by atoms with Gasteiger partial charge in [-0.15, -0.1) is 0 Å². The first-order chi connectivity index (χ1) is 7.20. The minimum Gasteiger partial charge on any atom is -0.393 e. The zero-order valence-electron chi connectivity index (χ0n) is 9.99. The summed E-state index contributed by atoms with van der Waals surface area (Å²) in [5, 5.41) is 18.1. The van der Waals surface area contributed by atoms with E-state index in [4.69, 9.17) is 5.11 Å². The molecule has 2 aliphatic carbocycles. The molecule has 0 radical (unpaired) electrons. The Morgan fingerprint density at radius 3 is 1.60 bits per heavy atom. The van der Waals surface area contributed by atoms with E-state index in [9.17, 15) is 5.11 Å². The number of aliphatic hydroxyl groups is 2. The molecule has 2 unspecified atom stereocenters. The van der Waals surface area contributed by atoms with Crippen LogP contribution in [0.4, 0.5) is 0 Å². The van der Waals surface area contributed by atoms with E-state index in [-0.39, 0.29) is 12.2 Å². The third-order valence-electron chi connectivity index (χ3n) is 3.64. The van der Waals surface area contributed by atoms with Crippen LogP contribution in [0.25, 0.3) is 0 Å². The van der Waals surface area contributed by atoms with E-state index in [1.807, 2.05) is 0 Å². The molecule has 0 saturated heterocycles. The number of hydrogen-bond acceptors (Lipinski definition) is 2. The Morgan fingerprint density at radius 2 is 1.27 bits per heavy atom. The molecule has 0 aromatic heterocycles. The Bertz CT molecular complexity index is 143. The van der Waals surface area contributed by atoms with Crippen LogP contribution in [-0.2, 0) is 0 Å². The highest BCUT2D eigenvalue weighted by atomic mass is 16.3. The summed E-state index contributed by atoms with van der Waals surface area (Å²) in [4.78, 5) is 0. The number of hydrogen-bond donors (Lipinski definition) is 2. The summed E-state index contributed by atoms with van der Waals surface area (Å²) in [6.07, 6.45) is 10.7. The second-order valence-electron chi connectivity index (χ2n) is 5.12. The van der Waals surface area contributed by atoms with E-state index in [2.05, 4.69) is 6.92 Å². The topological polar surface area (TPSA) is 40.5 Å². The van der Waals surface area contributed by atoms with E-state index < -0.39 is 0 Å². The van der Waals surface area contributed by atoms with Crippen LogP contribution in [0.3, 0.4) is 0 Å². The van der Waals surface area contributed by atoms with Crippen LogP contribution in [0, 0.1) is 5.92 Å². The van der Waals surface area contributed by atoms with Gasteiger partial charge in [0.2, 0.25) is 0 Å². The molecule has 0 aromatic carbocycles. The van der Waals surface area contributed by atoms with Crippen molar-refractivity contribution < 1.29 is 10.2 Å². The Hall–Kier alpha value is -0.0800. The van der Waals surface area contributed by atoms with Crippen LogP contribution in [0.2, 0.25) is 0 Å². The lowest BCUT2D eigenvalue weighted by atomic mass is 9.88. The normalized spacial score (nSPS) is 33.0. The van der Waals surface area contributed by atoms with Gasteiger partial charge in [0.1, 0.15) is 0 Å². The average Bonchev–Trinajstić information content (AvgIpc) is 2.25. The van der Waals surface area contributed by atoms with Gasteiger partial charge in [0.25, 0.3) is 0 Å². The maximum atomic E-state index is 9.18. The molecule has 2 nitrogen and oxygen atoms in total. The Morgan fingerprint density at radius 1 is 0.733 bits per heavy atom. The zero-order chi connectivity index (χ0) is 11.1. The van der Waals surface area contributed by atoms with Crippen LogP contribution in [-0.4, -0.2) is 22.4 Å². The summed E-state index contributed by atoms with van der Waals surface area (Å²) in [5.74, 6) is 0.559. The lowest BCUT2D eigenvalue weighted by Gasteiger charge is -2.23. The first kappa shape index (κ1) is 13.0. The molecular formula is C13H26O2.